The highest BCUT2D eigenvalue weighted by atomic mass is 35.5. The van der Waals surface area contributed by atoms with Crippen LogP contribution in [0.1, 0.15) is 38.5 Å². The van der Waals surface area contributed by atoms with Gasteiger partial charge in [-0.2, -0.15) is 0 Å². The van der Waals surface area contributed by atoms with E-state index in [1.807, 2.05) is 0 Å². The molecule has 1 aliphatic rings. The molecule has 1 saturated carbocycles. The van der Waals surface area contributed by atoms with Gasteiger partial charge in [-0.05, 0) is 66.9 Å². The number of hydrogen-bond donors (Lipinski definition) is 2. The number of primary amides is 1. The molecule has 3 N–H and O–H groups in total. The number of amides is 2. The van der Waals surface area contributed by atoms with Gasteiger partial charge in [-0.1, -0.05) is 64.1 Å². The van der Waals surface area contributed by atoms with Crippen LogP contribution in [0.2, 0.25) is 15.1 Å². The fraction of sp³-hybridized carbons (Fsp3) is 0.200. The molecular weight excluding hydrogens is 584 g/mol. The molecule has 2 amide bonds. The number of hydrogen-bond acceptors (Lipinski definition) is 4. The minimum absolute atomic E-state index is 0.0223. The lowest BCUT2D eigenvalue weighted by molar-refractivity contribution is -0.385. The summed E-state index contributed by atoms with van der Waals surface area (Å²) in [7, 11) is 0. The normalized spacial score (nSPS) is 19.8. The molecule has 0 heterocycles. The van der Waals surface area contributed by atoms with E-state index in [1.165, 1.54) is 36.4 Å². The van der Waals surface area contributed by atoms with Gasteiger partial charge in [-0.15, -0.1) is 0 Å². The Kier molecular flexibility index (Phi) is 7.16. The van der Waals surface area contributed by atoms with E-state index in [2.05, 4.69) is 5.32 Å². The van der Waals surface area contributed by atoms with Gasteiger partial charge in [0.05, 0.1) is 15.5 Å². The van der Waals surface area contributed by atoms with Crippen molar-refractivity contribution in [1.29, 1.82) is 0 Å². The highest BCUT2D eigenvalue weighted by molar-refractivity contribution is 6.55. The number of alkyl halides is 2. The molecule has 0 aliphatic heterocycles. The van der Waals surface area contributed by atoms with E-state index in [1.54, 1.807) is 26.0 Å². The quantitative estimate of drug-likeness (QED) is 0.178. The Hall–Kier alpha value is -2.55. The molecular formula is C25H18Cl5N3O4. The van der Waals surface area contributed by atoms with E-state index >= 15 is 0 Å². The summed E-state index contributed by atoms with van der Waals surface area (Å²) in [6.07, 6.45) is 0. The maximum absolute atomic E-state index is 13.2. The van der Waals surface area contributed by atoms with Gasteiger partial charge in [0, 0.05) is 33.3 Å². The van der Waals surface area contributed by atoms with Crippen LogP contribution in [-0.2, 0) is 10.2 Å². The maximum Gasteiger partial charge on any atom is 0.272 e. The molecule has 1 fully saturated rings. The van der Waals surface area contributed by atoms with E-state index in [-0.39, 0.29) is 21.8 Å². The van der Waals surface area contributed by atoms with Crippen LogP contribution < -0.4 is 11.1 Å². The summed E-state index contributed by atoms with van der Waals surface area (Å²) in [6.45, 7) is 3.24. The lowest BCUT2D eigenvalue weighted by Gasteiger charge is -2.18. The van der Waals surface area contributed by atoms with Crippen molar-refractivity contribution >= 4 is 81.2 Å². The van der Waals surface area contributed by atoms with Gasteiger partial charge in [0.25, 0.3) is 11.6 Å². The lowest BCUT2D eigenvalue weighted by atomic mass is 9.88. The number of nitro benzene ring substituents is 1. The number of nitrogens with one attached hydrogen (secondary N) is 1. The van der Waals surface area contributed by atoms with Crippen LogP contribution in [-0.4, -0.2) is 21.1 Å². The van der Waals surface area contributed by atoms with Crippen molar-refractivity contribution in [3.05, 3.63) is 102 Å². The molecule has 12 heteroatoms. The molecule has 0 saturated heterocycles. The summed E-state index contributed by atoms with van der Waals surface area (Å²) in [5.41, 5.74) is 6.25. The molecule has 192 valence electrons. The van der Waals surface area contributed by atoms with E-state index in [4.69, 9.17) is 63.7 Å². The Balaban J connectivity index is 1.76. The van der Waals surface area contributed by atoms with E-state index < -0.39 is 32.4 Å². The zero-order valence-corrected chi connectivity index (χ0v) is 23.0. The lowest BCUT2D eigenvalue weighted by Crippen LogP contribution is -2.34. The molecule has 4 rings (SSSR count). The fourth-order valence-electron chi connectivity index (χ4n) is 4.69. The number of nitro groups is 1. The number of anilines is 1. The van der Waals surface area contributed by atoms with Crippen molar-refractivity contribution in [2.24, 2.45) is 5.73 Å². The average molecular weight is 602 g/mol. The highest BCUT2D eigenvalue weighted by Crippen LogP contribution is 2.74. The van der Waals surface area contributed by atoms with Crippen molar-refractivity contribution in [1.82, 2.24) is 0 Å². The van der Waals surface area contributed by atoms with Crippen LogP contribution in [0, 0.1) is 24.0 Å². The second-order valence-electron chi connectivity index (χ2n) is 8.72. The highest BCUT2D eigenvalue weighted by Gasteiger charge is 2.80. The molecule has 2 unspecified atom stereocenters. The third-order valence-electron chi connectivity index (χ3n) is 6.71. The summed E-state index contributed by atoms with van der Waals surface area (Å²) < 4.78 is -1.67. The first-order valence-electron chi connectivity index (χ1n) is 10.7. The van der Waals surface area contributed by atoms with Gasteiger partial charge < -0.3 is 11.1 Å². The van der Waals surface area contributed by atoms with Gasteiger partial charge in [0.2, 0.25) is 5.91 Å². The van der Waals surface area contributed by atoms with E-state index in [0.717, 1.165) is 0 Å². The van der Waals surface area contributed by atoms with Crippen molar-refractivity contribution < 1.29 is 14.5 Å². The van der Waals surface area contributed by atoms with Crippen molar-refractivity contribution in [3.63, 3.8) is 0 Å². The van der Waals surface area contributed by atoms with Gasteiger partial charge in [-0.3, -0.25) is 19.7 Å². The minimum Gasteiger partial charge on any atom is -0.369 e. The molecule has 3 aromatic rings. The smallest absolute Gasteiger partial charge is 0.272 e. The molecule has 0 bridgehead atoms. The van der Waals surface area contributed by atoms with Gasteiger partial charge >= 0.3 is 0 Å². The Labute approximate surface area is 236 Å². The first kappa shape index (κ1) is 27.5. The third-order valence-corrected chi connectivity index (χ3v) is 8.51. The van der Waals surface area contributed by atoms with Crippen LogP contribution in [0.3, 0.4) is 0 Å². The molecule has 0 radical (unpaired) electrons. The number of rotatable bonds is 6. The van der Waals surface area contributed by atoms with Gasteiger partial charge in [0.15, 0.2) is 0 Å². The SMILES string of the molecule is Cc1c(NC(=O)c2cc(C3(C(N)=O)C(c4cc(Cl)cc(Cl)c4)C3(Cl)Cl)ccc2Cl)ccc([N+](=O)[O-])c1C. The van der Waals surface area contributed by atoms with Crippen molar-refractivity contribution in [2.75, 3.05) is 5.32 Å². The van der Waals surface area contributed by atoms with Crippen LogP contribution in [0.4, 0.5) is 11.4 Å². The first-order chi connectivity index (χ1) is 17.2. The van der Waals surface area contributed by atoms with E-state index in [0.29, 0.717) is 32.4 Å². The summed E-state index contributed by atoms with van der Waals surface area (Å²) in [6, 6.07) is 11.8. The number of carbonyl (C=O) groups is 2. The molecule has 7 nitrogen and oxygen atoms in total. The van der Waals surface area contributed by atoms with E-state index in [9.17, 15) is 19.7 Å². The molecule has 0 aromatic heterocycles. The summed E-state index contributed by atoms with van der Waals surface area (Å²) in [4.78, 5) is 36.8. The molecule has 3 aromatic carbocycles. The Morgan fingerprint density at radius 2 is 1.59 bits per heavy atom. The minimum atomic E-state index is -1.67. The summed E-state index contributed by atoms with van der Waals surface area (Å²) in [5, 5.41) is 14.7. The second-order valence-corrected chi connectivity index (χ2v) is 11.4. The average Bonchev–Trinajstić information content (AvgIpc) is 3.33. The topological polar surface area (TPSA) is 115 Å². The number of nitrogens with zero attached hydrogens (tertiary/aromatic N) is 1. The summed E-state index contributed by atoms with van der Waals surface area (Å²) >= 11 is 32.0. The molecule has 1 aliphatic carbocycles. The second kappa shape index (κ2) is 9.64. The molecule has 37 heavy (non-hydrogen) atoms. The number of carbonyl (C=O) groups excluding carboxylic acids is 2. The first-order valence-corrected chi connectivity index (χ1v) is 12.6. The Morgan fingerprint density at radius 3 is 2.16 bits per heavy atom. The van der Waals surface area contributed by atoms with Crippen molar-refractivity contribution in [2.45, 2.75) is 29.5 Å². The zero-order chi connectivity index (χ0) is 27.4. The summed E-state index contributed by atoms with van der Waals surface area (Å²) in [5.74, 6) is -2.23. The maximum atomic E-state index is 13.2. The third kappa shape index (κ3) is 4.43. The Bertz CT molecular complexity index is 1470. The monoisotopic (exact) mass is 599 g/mol. The van der Waals surface area contributed by atoms with Gasteiger partial charge in [0.1, 0.15) is 9.75 Å². The van der Waals surface area contributed by atoms with Gasteiger partial charge in [-0.25, -0.2) is 0 Å². The predicted octanol–water partition coefficient (Wildman–Crippen LogP) is 7.12. The number of nitrogens with two attached hydrogens (primary N) is 1. The largest absolute Gasteiger partial charge is 0.369 e. The number of halogens is 5. The van der Waals surface area contributed by atoms with Crippen LogP contribution >= 0.6 is 58.0 Å². The van der Waals surface area contributed by atoms with Crippen LogP contribution in [0.5, 0.6) is 0 Å². The molecule has 2 atom stereocenters. The predicted molar refractivity (Wildman–Crippen MR) is 146 cm³/mol. The van der Waals surface area contributed by atoms with Crippen LogP contribution in [0.25, 0.3) is 0 Å². The fourth-order valence-corrected chi connectivity index (χ4v) is 6.53. The molecule has 0 spiro atoms. The number of benzene rings is 3. The van der Waals surface area contributed by atoms with Crippen molar-refractivity contribution in [3.8, 4) is 0 Å². The van der Waals surface area contributed by atoms with Crippen LogP contribution in [0.15, 0.2) is 48.5 Å². The zero-order valence-electron chi connectivity index (χ0n) is 19.2. The Morgan fingerprint density at radius 1 is 0.973 bits per heavy atom. The standard InChI is InChI=1S/C25H18Cl5N3O4/c1-11-12(2)20(33(36)37)6-5-19(11)32-22(34)17-9-14(3-4-18(17)28)24(23(31)35)21(25(24,29)30)13-7-15(26)10-16(27)8-13/h3-10,21H,1-2H3,(H2,31,35)(H,32,34).